The Kier molecular flexibility index (Phi) is 3.41. The fraction of sp³-hybridized carbons (Fsp3) is 0.182. The topological polar surface area (TPSA) is 94.0 Å². The van der Waals surface area contributed by atoms with E-state index in [9.17, 15) is 13.6 Å². The average molecular weight is 268 g/mol. The van der Waals surface area contributed by atoms with E-state index in [-0.39, 0.29) is 17.1 Å². The molecule has 0 fully saturated rings. The maximum atomic E-state index is 13.5. The van der Waals surface area contributed by atoms with Crippen molar-refractivity contribution in [3.63, 3.8) is 0 Å². The number of benzene rings is 1. The van der Waals surface area contributed by atoms with E-state index in [2.05, 4.69) is 20.3 Å². The molecule has 0 bridgehead atoms. The molecule has 19 heavy (non-hydrogen) atoms. The number of halogens is 2. The molecule has 0 saturated carbocycles. The third-order valence-electron chi connectivity index (χ3n) is 2.51. The van der Waals surface area contributed by atoms with Crippen LogP contribution in [-0.2, 0) is 0 Å². The van der Waals surface area contributed by atoms with Crippen molar-refractivity contribution >= 4 is 11.7 Å². The molecule has 0 aliphatic heterocycles. The zero-order valence-corrected chi connectivity index (χ0v) is 9.85. The Balaban J connectivity index is 2.20. The van der Waals surface area contributed by atoms with Crippen LogP contribution >= 0.6 is 0 Å². The number of nitrogens with zero attached hydrogens (tertiary/aromatic N) is 2. The summed E-state index contributed by atoms with van der Waals surface area (Å²) in [5, 5.41) is 8.89. The smallest absolute Gasteiger partial charge is 0.277 e. The number of nitrogens with two attached hydrogens (primary N) is 1. The summed E-state index contributed by atoms with van der Waals surface area (Å²) in [6.45, 7) is 1.43. The molecule has 0 spiro atoms. The Bertz CT molecular complexity index is 594. The number of nitrogens with one attached hydrogen (secondary N) is 1. The van der Waals surface area contributed by atoms with Gasteiger partial charge in [0.2, 0.25) is 11.5 Å². The third-order valence-corrected chi connectivity index (χ3v) is 2.51. The molecule has 1 amide bonds. The highest BCUT2D eigenvalue weighted by atomic mass is 19.1. The van der Waals surface area contributed by atoms with Gasteiger partial charge in [0, 0.05) is 5.56 Å². The summed E-state index contributed by atoms with van der Waals surface area (Å²) in [5.74, 6) is -2.43. The Morgan fingerprint density at radius 1 is 1.37 bits per heavy atom. The van der Waals surface area contributed by atoms with Crippen LogP contribution in [0.4, 0.5) is 14.6 Å². The molecule has 6 nitrogen and oxygen atoms in total. The minimum atomic E-state index is -0.898. The van der Waals surface area contributed by atoms with Crippen LogP contribution in [0.15, 0.2) is 22.8 Å². The van der Waals surface area contributed by atoms with Gasteiger partial charge in [-0.25, -0.2) is 13.4 Å². The van der Waals surface area contributed by atoms with E-state index in [1.807, 2.05) is 0 Å². The van der Waals surface area contributed by atoms with Crippen LogP contribution < -0.4 is 11.1 Å². The highest BCUT2D eigenvalue weighted by Crippen LogP contribution is 2.20. The summed E-state index contributed by atoms with van der Waals surface area (Å²) in [6.07, 6.45) is 0. The molecule has 2 rings (SSSR count). The van der Waals surface area contributed by atoms with Crippen LogP contribution in [0.5, 0.6) is 0 Å². The van der Waals surface area contributed by atoms with Gasteiger partial charge in [0.05, 0.1) is 6.04 Å². The number of hydrogen-bond acceptors (Lipinski definition) is 5. The molecule has 0 saturated heterocycles. The van der Waals surface area contributed by atoms with Crippen molar-refractivity contribution in [1.29, 1.82) is 0 Å². The third kappa shape index (κ3) is 2.51. The van der Waals surface area contributed by atoms with Gasteiger partial charge in [-0.05, 0) is 29.4 Å². The summed E-state index contributed by atoms with van der Waals surface area (Å²) in [5.41, 5.74) is 4.86. The number of anilines is 1. The fourth-order valence-corrected chi connectivity index (χ4v) is 1.61. The zero-order valence-electron chi connectivity index (χ0n) is 9.85. The summed E-state index contributed by atoms with van der Waals surface area (Å²) in [4.78, 5) is 11.7. The predicted molar refractivity (Wildman–Crippen MR) is 60.9 cm³/mol. The first-order chi connectivity index (χ1) is 9.00. The Morgan fingerprint density at radius 2 is 2.00 bits per heavy atom. The minimum Gasteiger partial charge on any atom is -0.379 e. The van der Waals surface area contributed by atoms with Crippen LogP contribution in [-0.4, -0.2) is 16.2 Å². The SMILES string of the molecule is CC(NC(=O)c1nonc1N)c1c(F)cccc1F. The Hall–Kier alpha value is -2.51. The van der Waals surface area contributed by atoms with Crippen LogP contribution in [0.3, 0.4) is 0 Å². The van der Waals surface area contributed by atoms with Crippen LogP contribution in [0.25, 0.3) is 0 Å². The summed E-state index contributed by atoms with van der Waals surface area (Å²) in [7, 11) is 0. The van der Waals surface area contributed by atoms with Crippen molar-refractivity contribution in [3.05, 3.63) is 41.1 Å². The first kappa shape index (κ1) is 12.9. The molecule has 1 heterocycles. The second kappa shape index (κ2) is 5.01. The van der Waals surface area contributed by atoms with Crippen molar-refractivity contribution in [3.8, 4) is 0 Å². The maximum Gasteiger partial charge on any atom is 0.277 e. The lowest BCUT2D eigenvalue weighted by atomic mass is 10.1. The van der Waals surface area contributed by atoms with E-state index < -0.39 is 23.6 Å². The molecule has 1 aromatic heterocycles. The van der Waals surface area contributed by atoms with Gasteiger partial charge < -0.3 is 11.1 Å². The fourth-order valence-electron chi connectivity index (χ4n) is 1.61. The van der Waals surface area contributed by atoms with E-state index >= 15 is 0 Å². The van der Waals surface area contributed by atoms with Gasteiger partial charge in [0.1, 0.15) is 11.6 Å². The first-order valence-electron chi connectivity index (χ1n) is 5.33. The molecule has 0 aliphatic carbocycles. The average Bonchev–Trinajstić information content (AvgIpc) is 2.75. The molecule has 2 aromatic rings. The Morgan fingerprint density at radius 3 is 2.53 bits per heavy atom. The van der Waals surface area contributed by atoms with E-state index in [1.54, 1.807) is 0 Å². The first-order valence-corrected chi connectivity index (χ1v) is 5.33. The lowest BCUT2D eigenvalue weighted by molar-refractivity contribution is 0.0929. The van der Waals surface area contributed by atoms with Crippen LogP contribution in [0, 0.1) is 11.6 Å². The molecule has 1 atom stereocenters. The van der Waals surface area contributed by atoms with Crippen molar-refractivity contribution in [1.82, 2.24) is 15.6 Å². The van der Waals surface area contributed by atoms with Gasteiger partial charge in [-0.15, -0.1) is 0 Å². The number of carbonyl (C=O) groups is 1. The molecule has 3 N–H and O–H groups in total. The van der Waals surface area contributed by atoms with Gasteiger partial charge in [0.25, 0.3) is 5.91 Å². The molecular weight excluding hydrogens is 258 g/mol. The molecule has 0 aliphatic rings. The molecule has 0 radical (unpaired) electrons. The second-order valence-electron chi connectivity index (χ2n) is 3.83. The van der Waals surface area contributed by atoms with Crippen molar-refractivity contribution in [2.24, 2.45) is 0 Å². The van der Waals surface area contributed by atoms with Gasteiger partial charge in [-0.2, -0.15) is 0 Å². The summed E-state index contributed by atoms with van der Waals surface area (Å²) >= 11 is 0. The quantitative estimate of drug-likeness (QED) is 0.878. The zero-order chi connectivity index (χ0) is 14.0. The van der Waals surface area contributed by atoms with Crippen LogP contribution in [0.1, 0.15) is 29.0 Å². The highest BCUT2D eigenvalue weighted by molar-refractivity contribution is 5.96. The number of nitrogen functional groups attached to an aromatic ring is 1. The lowest BCUT2D eigenvalue weighted by Crippen LogP contribution is -2.28. The molecular formula is C11H10F2N4O2. The highest BCUT2D eigenvalue weighted by Gasteiger charge is 2.22. The summed E-state index contributed by atoms with van der Waals surface area (Å²) < 4.78 is 31.3. The molecule has 1 unspecified atom stereocenters. The monoisotopic (exact) mass is 268 g/mol. The Labute approximate surface area is 106 Å². The molecule has 100 valence electrons. The molecule has 8 heteroatoms. The number of amides is 1. The normalized spacial score (nSPS) is 12.2. The lowest BCUT2D eigenvalue weighted by Gasteiger charge is -2.14. The van der Waals surface area contributed by atoms with Gasteiger partial charge in [0.15, 0.2) is 0 Å². The summed E-state index contributed by atoms with van der Waals surface area (Å²) in [6, 6.07) is 2.55. The molecule has 1 aromatic carbocycles. The predicted octanol–water partition coefficient (Wildman–Crippen LogP) is 1.42. The maximum absolute atomic E-state index is 13.5. The minimum absolute atomic E-state index is 0.196. The standard InChI is InChI=1S/C11H10F2N4O2/c1-5(8-6(12)3-2-4-7(8)13)15-11(18)9-10(14)17-19-16-9/h2-5H,1H3,(H2,14,17)(H,15,18). The second-order valence-corrected chi connectivity index (χ2v) is 3.83. The van der Waals surface area contributed by atoms with E-state index in [4.69, 9.17) is 5.73 Å². The van der Waals surface area contributed by atoms with E-state index in [0.29, 0.717) is 0 Å². The number of aromatic nitrogens is 2. The number of hydrogen-bond donors (Lipinski definition) is 2. The van der Waals surface area contributed by atoms with Crippen molar-refractivity contribution < 1.29 is 18.2 Å². The van der Waals surface area contributed by atoms with Gasteiger partial charge in [-0.3, -0.25) is 4.79 Å². The van der Waals surface area contributed by atoms with E-state index in [1.165, 1.54) is 13.0 Å². The van der Waals surface area contributed by atoms with E-state index in [0.717, 1.165) is 12.1 Å². The van der Waals surface area contributed by atoms with Gasteiger partial charge in [-0.1, -0.05) is 6.07 Å². The number of carbonyl (C=O) groups excluding carboxylic acids is 1. The van der Waals surface area contributed by atoms with Crippen LogP contribution in [0.2, 0.25) is 0 Å². The van der Waals surface area contributed by atoms with Crippen molar-refractivity contribution in [2.45, 2.75) is 13.0 Å². The number of rotatable bonds is 3. The van der Waals surface area contributed by atoms with Gasteiger partial charge >= 0.3 is 0 Å². The largest absolute Gasteiger partial charge is 0.379 e. The van der Waals surface area contributed by atoms with Crippen molar-refractivity contribution in [2.75, 3.05) is 5.73 Å².